The van der Waals surface area contributed by atoms with Crippen molar-refractivity contribution >= 4 is 28.2 Å². The molecule has 27 heavy (non-hydrogen) atoms. The Hall–Kier alpha value is -3.30. The van der Waals surface area contributed by atoms with Crippen LogP contribution < -0.4 is 5.32 Å². The molecule has 0 aliphatic heterocycles. The Bertz CT molecular complexity index is 990. The molecule has 0 aliphatic carbocycles. The normalized spacial score (nSPS) is 12.5. The van der Waals surface area contributed by atoms with Gasteiger partial charge in [0, 0.05) is 22.7 Å². The summed E-state index contributed by atoms with van der Waals surface area (Å²) in [7, 11) is 0. The van der Waals surface area contributed by atoms with Crippen molar-refractivity contribution in [3.8, 4) is 5.88 Å². The second-order valence-electron chi connectivity index (χ2n) is 5.78. The van der Waals surface area contributed by atoms with Gasteiger partial charge >= 0.3 is 6.18 Å². The number of hydrogen-bond donors (Lipinski definition) is 4. The fraction of sp³-hybridized carbons (Fsp3) is 0.235. The Morgan fingerprint density at radius 2 is 2.15 bits per heavy atom. The molecule has 0 unspecified atom stereocenters. The Morgan fingerprint density at radius 3 is 2.78 bits per heavy atom. The number of fused-ring (bicyclic) bond motifs is 1. The topological polar surface area (TPSA) is 106 Å². The first-order chi connectivity index (χ1) is 12.8. The van der Waals surface area contributed by atoms with E-state index in [1.54, 1.807) is 6.20 Å². The van der Waals surface area contributed by atoms with Gasteiger partial charge in [0.1, 0.15) is 12.2 Å². The van der Waals surface area contributed by atoms with Crippen LogP contribution >= 0.6 is 0 Å². The standard InChI is InChI=1S/C17H16F3N5O2/c1-2-12(24-10-6-22-23-7-10)14-11-5-9(3-4-13(11)25-16(14)27)15(26)21-8-17(18,19)20/h3-7,25,27H,2,8H2,1H3,(H,21,26)(H,22,23). The summed E-state index contributed by atoms with van der Waals surface area (Å²) in [6.07, 6.45) is -0.935. The van der Waals surface area contributed by atoms with Crippen LogP contribution in [-0.2, 0) is 0 Å². The maximum atomic E-state index is 12.3. The SMILES string of the molecule is CCC(=Nc1cn[nH]c1)c1c(O)[nH]c2ccc(C(=O)NCC(F)(F)F)cc12. The molecule has 0 aliphatic rings. The predicted molar refractivity (Wildman–Crippen MR) is 93.4 cm³/mol. The molecule has 0 atom stereocenters. The van der Waals surface area contributed by atoms with Crippen LogP contribution in [0.5, 0.6) is 5.88 Å². The summed E-state index contributed by atoms with van der Waals surface area (Å²) < 4.78 is 36.9. The number of aromatic hydroxyl groups is 1. The number of carbonyl (C=O) groups is 1. The number of alkyl halides is 3. The summed E-state index contributed by atoms with van der Waals surface area (Å²) in [5.74, 6) is -0.993. The zero-order valence-corrected chi connectivity index (χ0v) is 14.2. The first-order valence-electron chi connectivity index (χ1n) is 8.05. The van der Waals surface area contributed by atoms with Crippen molar-refractivity contribution in [3.63, 3.8) is 0 Å². The van der Waals surface area contributed by atoms with Gasteiger partial charge in [-0.15, -0.1) is 0 Å². The number of hydrogen-bond acceptors (Lipinski definition) is 4. The van der Waals surface area contributed by atoms with Crippen molar-refractivity contribution in [1.82, 2.24) is 20.5 Å². The van der Waals surface area contributed by atoms with Gasteiger partial charge in [-0.1, -0.05) is 6.92 Å². The molecule has 4 N–H and O–H groups in total. The van der Waals surface area contributed by atoms with E-state index in [2.05, 4.69) is 20.2 Å². The molecule has 142 valence electrons. The quantitative estimate of drug-likeness (QED) is 0.510. The van der Waals surface area contributed by atoms with Crippen molar-refractivity contribution in [2.24, 2.45) is 4.99 Å². The predicted octanol–water partition coefficient (Wildman–Crippen LogP) is 3.42. The van der Waals surface area contributed by atoms with Gasteiger partial charge in [0.05, 0.1) is 17.5 Å². The van der Waals surface area contributed by atoms with E-state index in [1.807, 2.05) is 12.2 Å². The van der Waals surface area contributed by atoms with Gasteiger partial charge in [-0.25, -0.2) is 4.99 Å². The molecule has 7 nitrogen and oxygen atoms in total. The third kappa shape index (κ3) is 4.10. The Morgan fingerprint density at radius 1 is 1.37 bits per heavy atom. The van der Waals surface area contributed by atoms with Crippen molar-refractivity contribution in [1.29, 1.82) is 0 Å². The number of aliphatic imine (C=N–C) groups is 1. The number of nitrogens with zero attached hydrogens (tertiary/aromatic N) is 2. The fourth-order valence-corrected chi connectivity index (χ4v) is 2.67. The molecular weight excluding hydrogens is 363 g/mol. The van der Waals surface area contributed by atoms with Crippen LogP contribution in [0.15, 0.2) is 35.6 Å². The van der Waals surface area contributed by atoms with Gasteiger partial charge in [-0.3, -0.25) is 9.89 Å². The monoisotopic (exact) mass is 379 g/mol. The molecule has 1 aromatic carbocycles. The summed E-state index contributed by atoms with van der Waals surface area (Å²) >= 11 is 0. The van der Waals surface area contributed by atoms with Crippen molar-refractivity contribution < 1.29 is 23.1 Å². The molecule has 10 heteroatoms. The number of halogens is 3. The zero-order valence-electron chi connectivity index (χ0n) is 14.2. The highest BCUT2D eigenvalue weighted by Crippen LogP contribution is 2.30. The second kappa shape index (κ2) is 7.14. The molecule has 3 aromatic rings. The highest BCUT2D eigenvalue weighted by Gasteiger charge is 2.28. The van der Waals surface area contributed by atoms with Crippen LogP contribution in [0.4, 0.5) is 18.9 Å². The first kappa shape index (κ1) is 18.5. The van der Waals surface area contributed by atoms with Crippen LogP contribution in [0.1, 0.15) is 29.3 Å². The minimum absolute atomic E-state index is 0.0470. The number of nitrogens with one attached hydrogen (secondary N) is 3. The molecule has 0 bridgehead atoms. The van der Waals surface area contributed by atoms with E-state index in [4.69, 9.17) is 0 Å². The summed E-state index contributed by atoms with van der Waals surface area (Å²) in [6.45, 7) is 0.425. The van der Waals surface area contributed by atoms with E-state index in [-0.39, 0.29) is 11.4 Å². The third-order valence-electron chi connectivity index (χ3n) is 3.86. The van der Waals surface area contributed by atoms with Crippen molar-refractivity contribution in [2.45, 2.75) is 19.5 Å². The highest BCUT2D eigenvalue weighted by molar-refractivity contribution is 6.14. The molecule has 0 radical (unpaired) electrons. The summed E-state index contributed by atoms with van der Waals surface area (Å²) in [5, 5.41) is 19.0. The van der Waals surface area contributed by atoms with E-state index in [0.29, 0.717) is 34.3 Å². The summed E-state index contributed by atoms with van der Waals surface area (Å²) in [4.78, 5) is 19.2. The molecule has 0 saturated carbocycles. The van der Waals surface area contributed by atoms with E-state index in [0.717, 1.165) is 0 Å². The molecule has 0 spiro atoms. The number of aromatic nitrogens is 3. The van der Waals surface area contributed by atoms with E-state index < -0.39 is 18.6 Å². The average Bonchev–Trinajstić information content (AvgIpc) is 3.23. The van der Waals surface area contributed by atoms with E-state index >= 15 is 0 Å². The average molecular weight is 379 g/mol. The lowest BCUT2D eigenvalue weighted by Gasteiger charge is -2.09. The lowest BCUT2D eigenvalue weighted by molar-refractivity contribution is -0.123. The number of amides is 1. The fourth-order valence-electron chi connectivity index (χ4n) is 2.67. The molecule has 1 amide bonds. The number of benzene rings is 1. The number of H-pyrrole nitrogens is 2. The minimum Gasteiger partial charge on any atom is -0.494 e. The lowest BCUT2D eigenvalue weighted by atomic mass is 10.0. The second-order valence-corrected chi connectivity index (χ2v) is 5.78. The van der Waals surface area contributed by atoms with Crippen LogP contribution in [0.25, 0.3) is 10.9 Å². The third-order valence-corrected chi connectivity index (χ3v) is 3.86. The lowest BCUT2D eigenvalue weighted by Crippen LogP contribution is -2.33. The molecular formula is C17H16F3N5O2. The van der Waals surface area contributed by atoms with Gasteiger partial charge < -0.3 is 15.4 Å². The first-order valence-corrected chi connectivity index (χ1v) is 8.05. The maximum absolute atomic E-state index is 12.3. The Labute approximate surface area is 151 Å². The molecule has 3 rings (SSSR count). The van der Waals surface area contributed by atoms with Crippen LogP contribution in [0.3, 0.4) is 0 Å². The molecule has 0 saturated heterocycles. The smallest absolute Gasteiger partial charge is 0.405 e. The highest BCUT2D eigenvalue weighted by atomic mass is 19.4. The van der Waals surface area contributed by atoms with E-state index in [9.17, 15) is 23.1 Å². The molecule has 2 heterocycles. The number of aromatic amines is 2. The Balaban J connectivity index is 2.01. The van der Waals surface area contributed by atoms with Gasteiger partial charge in [0.25, 0.3) is 5.91 Å². The number of carbonyl (C=O) groups excluding carboxylic acids is 1. The maximum Gasteiger partial charge on any atom is 0.405 e. The zero-order chi connectivity index (χ0) is 19.6. The van der Waals surface area contributed by atoms with Crippen LogP contribution in [-0.4, -0.2) is 44.6 Å². The largest absolute Gasteiger partial charge is 0.494 e. The van der Waals surface area contributed by atoms with Crippen LogP contribution in [0.2, 0.25) is 0 Å². The van der Waals surface area contributed by atoms with Gasteiger partial charge in [0.2, 0.25) is 0 Å². The molecule has 2 aromatic heterocycles. The van der Waals surface area contributed by atoms with Gasteiger partial charge in [-0.2, -0.15) is 18.3 Å². The van der Waals surface area contributed by atoms with E-state index in [1.165, 1.54) is 24.4 Å². The van der Waals surface area contributed by atoms with Gasteiger partial charge in [-0.05, 0) is 24.6 Å². The Kier molecular flexibility index (Phi) is 4.89. The van der Waals surface area contributed by atoms with Crippen molar-refractivity contribution in [3.05, 3.63) is 41.7 Å². The minimum atomic E-state index is -4.50. The van der Waals surface area contributed by atoms with Crippen LogP contribution in [0, 0.1) is 0 Å². The molecule has 0 fully saturated rings. The summed E-state index contributed by atoms with van der Waals surface area (Å²) in [5.41, 5.74) is 2.06. The van der Waals surface area contributed by atoms with Crippen molar-refractivity contribution in [2.75, 3.05) is 6.54 Å². The number of rotatable bonds is 5. The van der Waals surface area contributed by atoms with Gasteiger partial charge in [0.15, 0.2) is 5.88 Å². The summed E-state index contributed by atoms with van der Waals surface area (Å²) in [6, 6.07) is 4.33.